The Labute approximate surface area is 222 Å². The molecule has 9 nitrogen and oxygen atoms in total. The van der Waals surface area contributed by atoms with Crippen LogP contribution in [0.2, 0.25) is 0 Å². The third kappa shape index (κ3) is 5.38. The number of hydrogen-bond acceptors (Lipinski definition) is 9. The molecule has 0 aliphatic carbocycles. The Morgan fingerprint density at radius 1 is 0.816 bits per heavy atom. The Morgan fingerprint density at radius 3 is 1.79 bits per heavy atom. The Bertz CT molecular complexity index is 1140. The quantitative estimate of drug-likeness (QED) is 0.441. The summed E-state index contributed by atoms with van der Waals surface area (Å²) in [5.41, 5.74) is 1.36. The van der Waals surface area contributed by atoms with Crippen LogP contribution in [0.5, 0.6) is 11.5 Å². The zero-order chi connectivity index (χ0) is 27.2. The summed E-state index contributed by atoms with van der Waals surface area (Å²) in [6.45, 7) is 4.90. The first-order chi connectivity index (χ1) is 18.4. The summed E-state index contributed by atoms with van der Waals surface area (Å²) in [6.07, 6.45) is 1.12. The third-order valence-electron chi connectivity index (χ3n) is 7.02. The van der Waals surface area contributed by atoms with Crippen LogP contribution in [-0.4, -0.2) is 63.3 Å². The number of benzene rings is 2. The van der Waals surface area contributed by atoms with Gasteiger partial charge in [-0.1, -0.05) is 50.2 Å². The highest BCUT2D eigenvalue weighted by Gasteiger charge is 2.49. The van der Waals surface area contributed by atoms with E-state index in [9.17, 15) is 14.4 Å². The van der Waals surface area contributed by atoms with Crippen molar-refractivity contribution in [3.05, 3.63) is 71.4 Å². The lowest BCUT2D eigenvalue weighted by Crippen LogP contribution is -2.50. The summed E-state index contributed by atoms with van der Waals surface area (Å²) in [7, 11) is 2.49. The van der Waals surface area contributed by atoms with Crippen molar-refractivity contribution >= 4 is 17.7 Å². The first-order valence-electron chi connectivity index (χ1n) is 12.6. The first-order valence-corrected chi connectivity index (χ1v) is 12.6. The molecule has 0 spiro atoms. The smallest absolute Gasteiger partial charge is 0.354 e. The molecule has 202 valence electrons. The van der Waals surface area contributed by atoms with Crippen molar-refractivity contribution < 1.29 is 38.1 Å². The molecule has 1 saturated heterocycles. The molecule has 2 aliphatic rings. The van der Waals surface area contributed by atoms with Gasteiger partial charge in [0.05, 0.1) is 45.6 Å². The fourth-order valence-corrected chi connectivity index (χ4v) is 5.27. The van der Waals surface area contributed by atoms with E-state index >= 15 is 0 Å². The first kappa shape index (κ1) is 27.2. The van der Waals surface area contributed by atoms with Gasteiger partial charge in [0.15, 0.2) is 0 Å². The van der Waals surface area contributed by atoms with E-state index in [1.807, 2.05) is 62.4 Å². The molecular weight excluding hydrogens is 490 g/mol. The van der Waals surface area contributed by atoms with Gasteiger partial charge in [0.25, 0.3) is 0 Å². The summed E-state index contributed by atoms with van der Waals surface area (Å²) in [4.78, 5) is 41.4. The van der Waals surface area contributed by atoms with Gasteiger partial charge in [0.2, 0.25) is 0 Å². The number of rotatable bonds is 3. The van der Waals surface area contributed by atoms with Gasteiger partial charge in [-0.15, -0.1) is 0 Å². The molecule has 38 heavy (non-hydrogen) atoms. The van der Waals surface area contributed by atoms with Gasteiger partial charge in [-0.05, 0) is 12.1 Å². The zero-order valence-corrected chi connectivity index (χ0v) is 22.0. The van der Waals surface area contributed by atoms with Gasteiger partial charge in [0.1, 0.15) is 36.2 Å². The predicted molar refractivity (Wildman–Crippen MR) is 137 cm³/mol. The van der Waals surface area contributed by atoms with Crippen LogP contribution in [0.4, 0.5) is 0 Å². The molecular formula is C29H33NO8. The van der Waals surface area contributed by atoms with Crippen LogP contribution < -0.4 is 9.47 Å². The highest BCUT2D eigenvalue weighted by Crippen LogP contribution is 2.51. The number of Topliss-reactive ketones (excluding diaryl/α,β-unsaturated/α-hetero) is 1. The minimum Gasteiger partial charge on any atom is -0.491 e. The maximum absolute atomic E-state index is 13.8. The number of methoxy groups -OCH3 is 2. The van der Waals surface area contributed by atoms with E-state index in [0.29, 0.717) is 35.8 Å². The summed E-state index contributed by atoms with van der Waals surface area (Å²) in [5.74, 6) is -1.45. The average molecular weight is 524 g/mol. The normalized spacial score (nSPS) is 24.1. The van der Waals surface area contributed by atoms with Crippen LogP contribution in [0.1, 0.15) is 37.1 Å². The lowest BCUT2D eigenvalue weighted by molar-refractivity contribution is -0.146. The Morgan fingerprint density at radius 2 is 1.32 bits per heavy atom. The van der Waals surface area contributed by atoms with E-state index < -0.39 is 35.9 Å². The highest BCUT2D eigenvalue weighted by atomic mass is 16.5. The number of hydrogen-bond donors (Lipinski definition) is 0. The SMILES string of the molecule is COC(=O)/C=C(\C(=O)OC)N1[C@@H]2c3ccccc3OCCOCCOc3ccccc3[C@H]1[C@H](C)C(=O)[C@@H]2C. The van der Waals surface area contributed by atoms with Crippen LogP contribution in [-0.2, 0) is 28.6 Å². The Hall–Kier alpha value is -3.85. The molecule has 2 aliphatic heterocycles. The number of carbonyl (C=O) groups is 3. The fraction of sp³-hybridized carbons (Fsp3) is 0.414. The van der Waals surface area contributed by atoms with E-state index in [0.717, 1.165) is 6.08 Å². The van der Waals surface area contributed by atoms with Crippen LogP contribution in [0, 0.1) is 11.8 Å². The maximum Gasteiger partial charge on any atom is 0.354 e. The molecule has 0 aromatic heterocycles. The van der Waals surface area contributed by atoms with Crippen molar-refractivity contribution in [2.45, 2.75) is 25.9 Å². The van der Waals surface area contributed by atoms with Crippen LogP contribution >= 0.6 is 0 Å². The molecule has 9 heteroatoms. The summed E-state index contributed by atoms with van der Waals surface area (Å²) in [5, 5.41) is 0. The lowest BCUT2D eigenvalue weighted by atomic mass is 9.73. The van der Waals surface area contributed by atoms with Crippen molar-refractivity contribution in [1.29, 1.82) is 0 Å². The third-order valence-corrected chi connectivity index (χ3v) is 7.02. The van der Waals surface area contributed by atoms with E-state index in [2.05, 4.69) is 0 Å². The number of ether oxygens (including phenoxy) is 5. The predicted octanol–water partition coefficient (Wildman–Crippen LogP) is 3.64. The molecule has 0 radical (unpaired) electrons. The Kier molecular flexibility index (Phi) is 8.68. The standard InChI is InChI=1S/C29H33NO8/c1-18-26-20-9-5-7-11-23(20)37-15-13-36-14-16-38-24-12-8-6-10-21(24)27(19(2)28(18)32)30(26)22(29(33)35-4)17-25(31)34-3/h5-12,17-19,26-27H,13-16H2,1-4H3/b22-17+/t18-,19+,26+,27-. The molecule has 2 bridgehead atoms. The van der Waals surface area contributed by atoms with Crippen molar-refractivity contribution in [3.63, 3.8) is 0 Å². The number of para-hydroxylation sites is 2. The second-order valence-electron chi connectivity index (χ2n) is 9.21. The molecule has 0 N–H and O–H groups in total. The van der Waals surface area contributed by atoms with Gasteiger partial charge < -0.3 is 28.6 Å². The monoisotopic (exact) mass is 523 g/mol. The molecule has 0 amide bonds. The van der Waals surface area contributed by atoms with Crippen LogP contribution in [0.25, 0.3) is 0 Å². The summed E-state index contributed by atoms with van der Waals surface area (Å²) >= 11 is 0. The molecule has 2 aromatic rings. The molecule has 2 aromatic carbocycles. The minimum atomic E-state index is -0.731. The number of fused-ring (bicyclic) bond motifs is 6. The van der Waals surface area contributed by atoms with Gasteiger partial charge in [-0.25, -0.2) is 9.59 Å². The molecule has 4 rings (SSSR count). The number of esters is 2. The molecule has 0 unspecified atom stereocenters. The molecule has 4 atom stereocenters. The second kappa shape index (κ2) is 12.1. The molecule has 2 heterocycles. The highest BCUT2D eigenvalue weighted by molar-refractivity contribution is 5.96. The van der Waals surface area contributed by atoms with Crippen molar-refractivity contribution in [2.75, 3.05) is 40.6 Å². The largest absolute Gasteiger partial charge is 0.491 e. The van der Waals surface area contributed by atoms with Gasteiger partial charge >= 0.3 is 11.9 Å². The minimum absolute atomic E-state index is 0.0126. The maximum atomic E-state index is 13.8. The van der Waals surface area contributed by atoms with E-state index in [-0.39, 0.29) is 24.7 Å². The summed E-state index contributed by atoms with van der Waals surface area (Å²) < 4.78 is 27.9. The summed E-state index contributed by atoms with van der Waals surface area (Å²) in [6, 6.07) is 13.4. The van der Waals surface area contributed by atoms with Gasteiger partial charge in [-0.3, -0.25) is 4.79 Å². The lowest BCUT2D eigenvalue weighted by Gasteiger charge is -2.50. The van der Waals surface area contributed by atoms with Crippen LogP contribution in [0.15, 0.2) is 60.3 Å². The number of ketones is 1. The fourth-order valence-electron chi connectivity index (χ4n) is 5.27. The number of nitrogens with zero attached hydrogens (tertiary/aromatic N) is 1. The Balaban J connectivity index is 2.04. The van der Waals surface area contributed by atoms with E-state index in [1.165, 1.54) is 14.2 Å². The number of carbonyl (C=O) groups excluding carboxylic acids is 3. The molecule has 0 saturated carbocycles. The topological polar surface area (TPSA) is 101 Å². The van der Waals surface area contributed by atoms with E-state index in [1.54, 1.807) is 4.90 Å². The van der Waals surface area contributed by atoms with Crippen LogP contribution in [0.3, 0.4) is 0 Å². The van der Waals surface area contributed by atoms with Gasteiger partial charge in [0, 0.05) is 23.0 Å². The van der Waals surface area contributed by atoms with Crippen molar-refractivity contribution in [2.24, 2.45) is 11.8 Å². The number of piperidine rings is 1. The van der Waals surface area contributed by atoms with Gasteiger partial charge in [-0.2, -0.15) is 0 Å². The van der Waals surface area contributed by atoms with Crippen molar-refractivity contribution in [3.8, 4) is 11.5 Å². The van der Waals surface area contributed by atoms with E-state index in [4.69, 9.17) is 23.7 Å². The van der Waals surface area contributed by atoms with Crippen molar-refractivity contribution in [1.82, 2.24) is 4.90 Å². The second-order valence-corrected chi connectivity index (χ2v) is 9.21. The molecule has 1 fully saturated rings. The average Bonchev–Trinajstić information content (AvgIpc) is 2.94. The zero-order valence-electron chi connectivity index (χ0n) is 22.0.